The SMILES string of the molecule is CS(=O)(=O)c1ccc(CCNC(=O)C(N)=O)cc1OC1CCCC1. The lowest BCUT2D eigenvalue weighted by Gasteiger charge is -2.17. The molecule has 0 spiro atoms. The number of primary amides is 1. The van der Waals surface area contributed by atoms with Crippen LogP contribution in [0, 0.1) is 0 Å². The van der Waals surface area contributed by atoms with Gasteiger partial charge in [0.1, 0.15) is 10.6 Å². The first kappa shape index (κ1) is 18.3. The van der Waals surface area contributed by atoms with Gasteiger partial charge in [-0.15, -0.1) is 0 Å². The maximum atomic E-state index is 11.9. The molecule has 8 heteroatoms. The molecule has 1 saturated carbocycles. The molecule has 0 radical (unpaired) electrons. The summed E-state index contributed by atoms with van der Waals surface area (Å²) in [7, 11) is -3.39. The lowest BCUT2D eigenvalue weighted by Crippen LogP contribution is -2.37. The van der Waals surface area contributed by atoms with Crippen molar-refractivity contribution in [2.75, 3.05) is 12.8 Å². The molecule has 1 aliphatic carbocycles. The first-order valence-corrected chi connectivity index (χ1v) is 9.74. The van der Waals surface area contributed by atoms with Crippen molar-refractivity contribution in [3.63, 3.8) is 0 Å². The summed E-state index contributed by atoms with van der Waals surface area (Å²) in [6, 6.07) is 4.88. The summed E-state index contributed by atoms with van der Waals surface area (Å²) in [5.41, 5.74) is 5.67. The van der Waals surface area contributed by atoms with Crippen LogP contribution in [0.25, 0.3) is 0 Å². The minimum atomic E-state index is -3.39. The number of nitrogens with one attached hydrogen (secondary N) is 1. The van der Waals surface area contributed by atoms with Crippen molar-refractivity contribution >= 4 is 21.7 Å². The van der Waals surface area contributed by atoms with Gasteiger partial charge in [-0.3, -0.25) is 9.59 Å². The van der Waals surface area contributed by atoms with Gasteiger partial charge in [0.25, 0.3) is 0 Å². The van der Waals surface area contributed by atoms with Crippen molar-refractivity contribution in [1.29, 1.82) is 0 Å². The second-order valence-corrected chi connectivity index (χ2v) is 7.93. The molecule has 1 aromatic carbocycles. The Morgan fingerprint density at radius 1 is 1.29 bits per heavy atom. The lowest BCUT2D eigenvalue weighted by atomic mass is 10.1. The summed E-state index contributed by atoms with van der Waals surface area (Å²) < 4.78 is 29.8. The van der Waals surface area contributed by atoms with Crippen molar-refractivity contribution in [3.8, 4) is 5.75 Å². The molecule has 0 unspecified atom stereocenters. The van der Waals surface area contributed by atoms with Crippen molar-refractivity contribution in [2.24, 2.45) is 5.73 Å². The van der Waals surface area contributed by atoms with Crippen LogP contribution >= 0.6 is 0 Å². The van der Waals surface area contributed by atoms with Gasteiger partial charge in [-0.1, -0.05) is 6.07 Å². The van der Waals surface area contributed by atoms with Gasteiger partial charge in [0.05, 0.1) is 6.10 Å². The molecular formula is C16H22N2O5S. The number of nitrogens with two attached hydrogens (primary N) is 1. The lowest BCUT2D eigenvalue weighted by molar-refractivity contribution is -0.137. The number of rotatable bonds is 6. The van der Waals surface area contributed by atoms with Crippen LogP contribution < -0.4 is 15.8 Å². The molecule has 0 aromatic heterocycles. The van der Waals surface area contributed by atoms with E-state index in [2.05, 4.69) is 5.32 Å². The summed E-state index contributed by atoms with van der Waals surface area (Å²) in [6.45, 7) is 0.225. The summed E-state index contributed by atoms with van der Waals surface area (Å²) in [6.07, 6.45) is 5.62. The fourth-order valence-electron chi connectivity index (χ4n) is 2.70. The highest BCUT2D eigenvalue weighted by molar-refractivity contribution is 7.90. The average Bonchev–Trinajstić information content (AvgIpc) is 2.99. The Hall–Kier alpha value is -2.09. The molecule has 0 atom stereocenters. The number of benzene rings is 1. The number of carbonyl (C=O) groups is 2. The second kappa shape index (κ2) is 7.65. The quantitative estimate of drug-likeness (QED) is 0.724. The second-order valence-electron chi connectivity index (χ2n) is 5.95. The Bertz CT molecular complexity index is 724. The third-order valence-electron chi connectivity index (χ3n) is 3.93. The van der Waals surface area contributed by atoms with Crippen LogP contribution in [0.3, 0.4) is 0 Å². The monoisotopic (exact) mass is 354 g/mol. The number of carbonyl (C=O) groups excluding carboxylic acids is 2. The first-order valence-electron chi connectivity index (χ1n) is 7.84. The molecule has 1 fully saturated rings. The van der Waals surface area contributed by atoms with Crippen LogP contribution in [0.2, 0.25) is 0 Å². The predicted molar refractivity (Wildman–Crippen MR) is 88.3 cm³/mol. The van der Waals surface area contributed by atoms with Crippen LogP contribution in [0.4, 0.5) is 0 Å². The van der Waals surface area contributed by atoms with E-state index in [0.717, 1.165) is 37.5 Å². The van der Waals surface area contributed by atoms with Gasteiger partial charge in [0, 0.05) is 12.8 Å². The van der Waals surface area contributed by atoms with Gasteiger partial charge in [-0.25, -0.2) is 8.42 Å². The Morgan fingerprint density at radius 3 is 2.54 bits per heavy atom. The minimum Gasteiger partial charge on any atom is -0.489 e. The highest BCUT2D eigenvalue weighted by Gasteiger charge is 2.21. The van der Waals surface area contributed by atoms with Crippen LogP contribution in [0.15, 0.2) is 23.1 Å². The van der Waals surface area contributed by atoms with E-state index in [4.69, 9.17) is 10.5 Å². The molecule has 1 aliphatic rings. The highest BCUT2D eigenvalue weighted by Crippen LogP contribution is 2.30. The third-order valence-corrected chi connectivity index (χ3v) is 5.06. The summed E-state index contributed by atoms with van der Waals surface area (Å²) in [5, 5.41) is 2.40. The molecule has 132 valence electrons. The molecule has 0 heterocycles. The number of hydrogen-bond acceptors (Lipinski definition) is 5. The van der Waals surface area contributed by atoms with E-state index < -0.39 is 21.7 Å². The summed E-state index contributed by atoms with van der Waals surface area (Å²) >= 11 is 0. The van der Waals surface area contributed by atoms with Crippen LogP contribution in [-0.2, 0) is 25.8 Å². The zero-order valence-electron chi connectivity index (χ0n) is 13.6. The van der Waals surface area contributed by atoms with E-state index in [9.17, 15) is 18.0 Å². The number of amides is 2. The molecule has 2 amide bonds. The van der Waals surface area contributed by atoms with Crippen molar-refractivity contribution in [1.82, 2.24) is 5.32 Å². The third kappa shape index (κ3) is 4.95. The smallest absolute Gasteiger partial charge is 0.309 e. The zero-order valence-corrected chi connectivity index (χ0v) is 14.4. The standard InChI is InChI=1S/C16H22N2O5S/c1-24(21,22)14-7-6-11(8-9-18-16(20)15(17)19)10-13(14)23-12-4-2-3-5-12/h6-7,10,12H,2-5,8-9H2,1H3,(H2,17,19)(H,18,20). The van der Waals surface area contributed by atoms with E-state index >= 15 is 0 Å². The fraction of sp³-hybridized carbons (Fsp3) is 0.500. The van der Waals surface area contributed by atoms with Crippen LogP contribution in [0.1, 0.15) is 31.2 Å². The molecule has 2 rings (SSSR count). The topological polar surface area (TPSA) is 116 Å². The van der Waals surface area contributed by atoms with E-state index in [-0.39, 0.29) is 17.5 Å². The molecule has 24 heavy (non-hydrogen) atoms. The van der Waals surface area contributed by atoms with Crippen molar-refractivity contribution in [2.45, 2.75) is 43.1 Å². The molecule has 0 saturated heterocycles. The summed E-state index contributed by atoms with van der Waals surface area (Å²) in [4.78, 5) is 22.0. The number of ether oxygens (including phenoxy) is 1. The maximum Gasteiger partial charge on any atom is 0.309 e. The van der Waals surface area contributed by atoms with E-state index in [1.54, 1.807) is 12.1 Å². The maximum absolute atomic E-state index is 11.9. The van der Waals surface area contributed by atoms with Gasteiger partial charge in [0.15, 0.2) is 9.84 Å². The van der Waals surface area contributed by atoms with Gasteiger partial charge < -0.3 is 15.8 Å². The predicted octanol–water partition coefficient (Wildman–Crippen LogP) is 0.556. The Kier molecular flexibility index (Phi) is 5.82. The van der Waals surface area contributed by atoms with E-state index in [1.165, 1.54) is 6.07 Å². The normalized spacial score (nSPS) is 15.2. The average molecular weight is 354 g/mol. The largest absolute Gasteiger partial charge is 0.489 e. The van der Waals surface area contributed by atoms with Gasteiger partial charge in [-0.2, -0.15) is 0 Å². The molecule has 7 nitrogen and oxygen atoms in total. The Morgan fingerprint density at radius 2 is 1.96 bits per heavy atom. The van der Waals surface area contributed by atoms with Gasteiger partial charge in [-0.05, 0) is 49.8 Å². The highest BCUT2D eigenvalue weighted by atomic mass is 32.2. The molecular weight excluding hydrogens is 332 g/mol. The van der Waals surface area contributed by atoms with E-state index in [0.29, 0.717) is 12.2 Å². The molecule has 3 N–H and O–H groups in total. The summed E-state index contributed by atoms with van der Waals surface area (Å²) in [5.74, 6) is -1.53. The van der Waals surface area contributed by atoms with Gasteiger partial charge >= 0.3 is 11.8 Å². The fourth-order valence-corrected chi connectivity index (χ4v) is 3.49. The molecule has 0 aliphatic heterocycles. The van der Waals surface area contributed by atoms with Crippen LogP contribution in [0.5, 0.6) is 5.75 Å². The van der Waals surface area contributed by atoms with Crippen molar-refractivity contribution < 1.29 is 22.7 Å². The number of hydrogen-bond donors (Lipinski definition) is 2. The Labute approximate surface area is 141 Å². The zero-order chi connectivity index (χ0) is 17.7. The molecule has 0 bridgehead atoms. The van der Waals surface area contributed by atoms with Crippen molar-refractivity contribution in [3.05, 3.63) is 23.8 Å². The molecule has 1 aromatic rings. The van der Waals surface area contributed by atoms with E-state index in [1.807, 2.05) is 0 Å². The first-order chi connectivity index (χ1) is 11.3. The minimum absolute atomic E-state index is 0.0373. The Balaban J connectivity index is 2.12. The van der Waals surface area contributed by atoms with Crippen LogP contribution in [-0.4, -0.2) is 39.1 Å². The van der Waals surface area contributed by atoms with Gasteiger partial charge in [0.2, 0.25) is 0 Å². The number of sulfone groups is 1.